The van der Waals surface area contributed by atoms with Gasteiger partial charge in [0.1, 0.15) is 24.4 Å². The summed E-state index contributed by atoms with van der Waals surface area (Å²) in [4.78, 5) is 13.0. The first-order chi connectivity index (χ1) is 10.4. The van der Waals surface area contributed by atoms with Gasteiger partial charge in [0.25, 0.3) is 0 Å². The quantitative estimate of drug-likeness (QED) is 0.307. The molecular formula is C14H29NO6. The van der Waals surface area contributed by atoms with Crippen molar-refractivity contribution in [1.82, 2.24) is 4.90 Å². The molecule has 0 saturated carbocycles. The van der Waals surface area contributed by atoms with Gasteiger partial charge >= 0.3 is 0 Å². The summed E-state index contributed by atoms with van der Waals surface area (Å²) in [5.41, 5.74) is 0. The van der Waals surface area contributed by atoms with E-state index >= 15 is 0 Å². The lowest BCUT2D eigenvalue weighted by Crippen LogP contribution is -2.49. The smallest absolute Gasteiger partial charge is 0.222 e. The number of likely N-dealkylation sites (N-methyl/N-ethyl adjacent to an activating group) is 1. The van der Waals surface area contributed by atoms with Gasteiger partial charge in [0.15, 0.2) is 0 Å². The predicted octanol–water partition coefficient (Wildman–Crippen LogP) is -1.15. The average molecular weight is 308 g/mol. The summed E-state index contributed by atoms with van der Waals surface area (Å²) in [5, 5.41) is 46.9. The first-order valence-electron chi connectivity index (χ1n) is 7.99. The lowest BCUT2D eigenvalue weighted by Gasteiger charge is -2.28. The Morgan fingerprint density at radius 2 is 1.71 bits per heavy atom. The predicted molar refractivity (Wildman–Crippen MR) is 77.5 cm³/mol. The number of hydrogen-bond acceptors (Lipinski definition) is 6. The molecule has 0 aromatic rings. The molecule has 0 aromatic heterocycles. The van der Waals surface area contributed by atoms with Crippen LogP contribution in [0.15, 0.2) is 0 Å². The minimum atomic E-state index is -1.73. The molecule has 0 aliphatic carbocycles. The van der Waals surface area contributed by atoms with E-state index in [1.807, 2.05) is 0 Å². The Hall–Kier alpha value is -0.730. The maximum Gasteiger partial charge on any atom is 0.222 e. The van der Waals surface area contributed by atoms with E-state index in [1.54, 1.807) is 0 Å². The van der Waals surface area contributed by atoms with Crippen LogP contribution in [0.4, 0.5) is 0 Å². The second-order valence-corrected chi connectivity index (χ2v) is 5.23. The third-order valence-electron chi connectivity index (χ3n) is 3.33. The third-order valence-corrected chi connectivity index (χ3v) is 3.33. The molecule has 7 nitrogen and oxygen atoms in total. The molecule has 0 aliphatic heterocycles. The van der Waals surface area contributed by atoms with Crippen LogP contribution in [-0.4, -0.2) is 80.9 Å². The number of carbonyl (C=O) groups excluding carboxylic acids is 1. The summed E-state index contributed by atoms with van der Waals surface area (Å²) in [6.45, 7) is 0.984. The molecule has 0 aliphatic rings. The fourth-order valence-electron chi connectivity index (χ4n) is 1.86. The van der Waals surface area contributed by atoms with Crippen molar-refractivity contribution in [3.63, 3.8) is 0 Å². The second kappa shape index (κ2) is 10.9. The number of nitrogens with zero attached hydrogens (tertiary/aromatic N) is 1. The number of amides is 1. The maximum absolute atomic E-state index is 11.9. The summed E-state index contributed by atoms with van der Waals surface area (Å²) >= 11 is 0. The number of rotatable bonds is 11. The standard InChI is InChI=1S/C14H29NO6/c1-3-4-5-6-7-12(19)15(2)8-10(17)13(20)14(21)11(18)9-16/h10-11,13-14,16-18,20-21H,3-9H2,1-2H3/t10-,11+,13+,14+/m0/s1/i2D. The molecule has 0 heterocycles. The Morgan fingerprint density at radius 3 is 2.24 bits per heavy atom. The summed E-state index contributed by atoms with van der Waals surface area (Å²) in [5.74, 6) is -0.297. The van der Waals surface area contributed by atoms with Gasteiger partial charge < -0.3 is 30.4 Å². The summed E-state index contributed by atoms with van der Waals surface area (Å²) in [6, 6.07) is 0. The van der Waals surface area contributed by atoms with Crippen LogP contribution in [0.2, 0.25) is 0 Å². The Labute approximate surface area is 127 Å². The molecule has 1 amide bonds. The van der Waals surface area contributed by atoms with Gasteiger partial charge in [-0.3, -0.25) is 4.79 Å². The zero-order valence-electron chi connectivity index (χ0n) is 13.6. The molecule has 7 heteroatoms. The zero-order valence-corrected chi connectivity index (χ0v) is 12.6. The van der Waals surface area contributed by atoms with Gasteiger partial charge in [-0.25, -0.2) is 0 Å². The van der Waals surface area contributed by atoms with Crippen molar-refractivity contribution < 1.29 is 31.7 Å². The molecule has 0 rings (SSSR count). The van der Waals surface area contributed by atoms with Crippen molar-refractivity contribution in [3.8, 4) is 0 Å². The van der Waals surface area contributed by atoms with Crippen molar-refractivity contribution in [2.24, 2.45) is 0 Å². The molecule has 21 heavy (non-hydrogen) atoms. The van der Waals surface area contributed by atoms with Crippen LogP contribution in [0, 0.1) is 0 Å². The summed E-state index contributed by atoms with van der Waals surface area (Å²) < 4.78 is 7.33. The highest BCUT2D eigenvalue weighted by Crippen LogP contribution is 2.08. The van der Waals surface area contributed by atoms with Crippen LogP contribution < -0.4 is 0 Å². The van der Waals surface area contributed by atoms with Crippen LogP contribution in [-0.2, 0) is 4.79 Å². The van der Waals surface area contributed by atoms with Crippen molar-refractivity contribution in [2.75, 3.05) is 20.2 Å². The number of hydrogen-bond donors (Lipinski definition) is 5. The molecule has 0 aromatic carbocycles. The van der Waals surface area contributed by atoms with E-state index in [-0.39, 0.29) is 25.9 Å². The fraction of sp³-hybridized carbons (Fsp3) is 0.929. The molecular weight excluding hydrogens is 278 g/mol. The topological polar surface area (TPSA) is 121 Å². The maximum atomic E-state index is 11.9. The van der Waals surface area contributed by atoms with Gasteiger partial charge in [-0.2, -0.15) is 0 Å². The van der Waals surface area contributed by atoms with Crippen LogP contribution in [0.5, 0.6) is 0 Å². The highest BCUT2D eigenvalue weighted by Gasteiger charge is 2.31. The molecule has 0 spiro atoms. The number of carbonyl (C=O) groups is 1. The van der Waals surface area contributed by atoms with Gasteiger partial charge in [0.05, 0.1) is 6.61 Å². The molecule has 0 unspecified atom stereocenters. The minimum absolute atomic E-state index is 0.267. The Balaban J connectivity index is 4.37. The normalized spacial score (nSPS) is 17.7. The summed E-state index contributed by atoms with van der Waals surface area (Å²) in [7, 11) is -0.366. The Kier molecular flexibility index (Phi) is 9.53. The molecule has 5 N–H and O–H groups in total. The molecule has 0 fully saturated rings. The monoisotopic (exact) mass is 308 g/mol. The third kappa shape index (κ3) is 7.73. The van der Waals surface area contributed by atoms with Gasteiger partial charge in [-0.1, -0.05) is 26.2 Å². The Bertz CT molecular complexity index is 307. The van der Waals surface area contributed by atoms with E-state index in [0.29, 0.717) is 6.42 Å². The van der Waals surface area contributed by atoms with Gasteiger partial charge in [-0.15, -0.1) is 0 Å². The molecule has 0 radical (unpaired) electrons. The van der Waals surface area contributed by atoms with Crippen molar-refractivity contribution in [1.29, 1.82) is 0 Å². The highest BCUT2D eigenvalue weighted by atomic mass is 16.4. The van der Waals surface area contributed by atoms with Crippen LogP contribution in [0.1, 0.15) is 40.4 Å². The van der Waals surface area contributed by atoms with E-state index in [1.165, 1.54) is 0 Å². The van der Waals surface area contributed by atoms with E-state index in [2.05, 4.69) is 6.92 Å². The van der Waals surface area contributed by atoms with Crippen LogP contribution in [0.3, 0.4) is 0 Å². The van der Waals surface area contributed by atoms with E-state index < -0.39 is 31.0 Å². The average Bonchev–Trinajstić information content (AvgIpc) is 2.53. The minimum Gasteiger partial charge on any atom is -0.394 e. The fourth-order valence-corrected chi connectivity index (χ4v) is 1.86. The van der Waals surface area contributed by atoms with Gasteiger partial charge in [-0.05, 0) is 6.42 Å². The number of aliphatic hydroxyl groups is 5. The first-order valence-corrected chi connectivity index (χ1v) is 7.29. The molecule has 0 bridgehead atoms. The summed E-state index contributed by atoms with van der Waals surface area (Å²) in [6.07, 6.45) is -2.58. The first kappa shape index (κ1) is 18.3. The molecule has 126 valence electrons. The number of aliphatic hydroxyl groups excluding tert-OH is 5. The van der Waals surface area contributed by atoms with Crippen molar-refractivity contribution in [2.45, 2.75) is 63.4 Å². The second-order valence-electron chi connectivity index (χ2n) is 5.23. The van der Waals surface area contributed by atoms with Gasteiger partial charge in [0, 0.05) is 21.4 Å². The van der Waals surface area contributed by atoms with Gasteiger partial charge in [0.2, 0.25) is 5.91 Å². The van der Waals surface area contributed by atoms with E-state index in [4.69, 9.17) is 6.48 Å². The molecule has 4 atom stereocenters. The zero-order chi connectivity index (χ0) is 17.1. The van der Waals surface area contributed by atoms with E-state index in [9.17, 15) is 25.2 Å². The lowest BCUT2D eigenvalue weighted by molar-refractivity contribution is -0.138. The van der Waals surface area contributed by atoms with Crippen LogP contribution >= 0.6 is 0 Å². The van der Waals surface area contributed by atoms with Crippen molar-refractivity contribution >= 4 is 5.91 Å². The highest BCUT2D eigenvalue weighted by molar-refractivity contribution is 5.75. The lowest BCUT2D eigenvalue weighted by atomic mass is 10.0. The number of unbranched alkanes of at least 4 members (excludes halogenated alkanes) is 3. The van der Waals surface area contributed by atoms with Crippen molar-refractivity contribution in [3.05, 3.63) is 0 Å². The Morgan fingerprint density at radius 1 is 1.10 bits per heavy atom. The largest absolute Gasteiger partial charge is 0.394 e. The SMILES string of the molecule is [2H]CN(C[C@H](O)[C@@H](O)[C@H](O)[C@H](O)CO)C(=O)CCCCCC. The van der Waals surface area contributed by atoms with E-state index in [0.717, 1.165) is 24.2 Å². The molecule has 0 saturated heterocycles. The van der Waals surface area contributed by atoms with Crippen LogP contribution in [0.25, 0.3) is 0 Å².